The highest BCUT2D eigenvalue weighted by molar-refractivity contribution is 5.98. The summed E-state index contributed by atoms with van der Waals surface area (Å²) in [6, 6.07) is 13.9. The van der Waals surface area contributed by atoms with Gasteiger partial charge in [-0.2, -0.15) is 0 Å². The summed E-state index contributed by atoms with van der Waals surface area (Å²) in [4.78, 5) is 40.2. The minimum absolute atomic E-state index is 0.0509. The van der Waals surface area contributed by atoms with E-state index in [0.717, 1.165) is 0 Å². The second-order valence-corrected chi connectivity index (χ2v) is 8.06. The van der Waals surface area contributed by atoms with Crippen molar-refractivity contribution >= 4 is 17.7 Å². The molecule has 0 aliphatic carbocycles. The largest absolute Gasteiger partial charge is 0.385 e. The van der Waals surface area contributed by atoms with Gasteiger partial charge in [0.1, 0.15) is 11.9 Å². The molecule has 176 valence electrons. The van der Waals surface area contributed by atoms with E-state index >= 15 is 0 Å². The molecule has 3 amide bonds. The maximum absolute atomic E-state index is 14.1. The standard InChI is InChI=1S/C25H30FN3O4/c1-33-17-7-14-27-24(31)22(28-23(30)20-10-5-6-11-21(20)26)18-12-15-29(16-13-18)25(32)19-8-3-2-4-9-19/h2-6,8-11,18,22H,7,12-17H2,1H3,(H,27,31)(H,28,30). The predicted molar refractivity (Wildman–Crippen MR) is 122 cm³/mol. The van der Waals surface area contributed by atoms with Gasteiger partial charge in [-0.05, 0) is 49.4 Å². The van der Waals surface area contributed by atoms with Gasteiger partial charge >= 0.3 is 0 Å². The monoisotopic (exact) mass is 455 g/mol. The van der Waals surface area contributed by atoms with Crippen molar-refractivity contribution in [2.24, 2.45) is 5.92 Å². The van der Waals surface area contributed by atoms with E-state index in [0.29, 0.717) is 51.1 Å². The number of likely N-dealkylation sites (tertiary alicyclic amines) is 1. The number of methoxy groups -OCH3 is 1. The van der Waals surface area contributed by atoms with Gasteiger partial charge in [0.2, 0.25) is 5.91 Å². The molecule has 1 unspecified atom stereocenters. The molecule has 1 heterocycles. The third kappa shape index (κ3) is 6.61. The van der Waals surface area contributed by atoms with E-state index in [4.69, 9.17) is 4.74 Å². The van der Waals surface area contributed by atoms with Crippen LogP contribution in [-0.2, 0) is 9.53 Å². The smallest absolute Gasteiger partial charge is 0.254 e. The van der Waals surface area contributed by atoms with Crippen molar-refractivity contribution < 1.29 is 23.5 Å². The fraction of sp³-hybridized carbons (Fsp3) is 0.400. The Hall–Kier alpha value is -3.26. The van der Waals surface area contributed by atoms with Crippen molar-refractivity contribution in [3.63, 3.8) is 0 Å². The van der Waals surface area contributed by atoms with E-state index in [1.54, 1.807) is 30.2 Å². The summed E-state index contributed by atoms with van der Waals surface area (Å²) in [5, 5.41) is 5.57. The number of halogens is 1. The average Bonchev–Trinajstić information content (AvgIpc) is 2.85. The quantitative estimate of drug-likeness (QED) is 0.569. The van der Waals surface area contributed by atoms with Crippen molar-refractivity contribution in [2.75, 3.05) is 33.4 Å². The zero-order valence-corrected chi connectivity index (χ0v) is 18.8. The van der Waals surface area contributed by atoms with Gasteiger partial charge in [0.05, 0.1) is 5.56 Å². The zero-order valence-electron chi connectivity index (χ0n) is 18.8. The van der Waals surface area contributed by atoms with Gasteiger partial charge < -0.3 is 20.3 Å². The molecule has 1 saturated heterocycles. The van der Waals surface area contributed by atoms with Crippen LogP contribution in [0.2, 0.25) is 0 Å². The van der Waals surface area contributed by atoms with Crippen LogP contribution in [-0.4, -0.2) is 62.0 Å². The second-order valence-electron chi connectivity index (χ2n) is 8.06. The van der Waals surface area contributed by atoms with Crippen LogP contribution in [0.15, 0.2) is 54.6 Å². The van der Waals surface area contributed by atoms with E-state index in [-0.39, 0.29) is 23.3 Å². The molecule has 0 bridgehead atoms. The van der Waals surface area contributed by atoms with Crippen LogP contribution in [0.25, 0.3) is 0 Å². The molecule has 7 nitrogen and oxygen atoms in total. The highest BCUT2D eigenvalue weighted by Gasteiger charge is 2.34. The van der Waals surface area contributed by atoms with Gasteiger partial charge in [-0.25, -0.2) is 4.39 Å². The van der Waals surface area contributed by atoms with Crippen molar-refractivity contribution in [3.05, 3.63) is 71.5 Å². The Morgan fingerprint density at radius 3 is 2.39 bits per heavy atom. The fourth-order valence-electron chi connectivity index (χ4n) is 4.00. The van der Waals surface area contributed by atoms with Crippen LogP contribution in [0.4, 0.5) is 4.39 Å². The molecule has 2 aromatic rings. The highest BCUT2D eigenvalue weighted by atomic mass is 19.1. The van der Waals surface area contributed by atoms with Gasteiger partial charge in [0, 0.05) is 38.9 Å². The Morgan fingerprint density at radius 1 is 1.06 bits per heavy atom. The van der Waals surface area contributed by atoms with Crippen LogP contribution in [0.3, 0.4) is 0 Å². The summed E-state index contributed by atoms with van der Waals surface area (Å²) < 4.78 is 19.1. The Morgan fingerprint density at radius 2 is 1.73 bits per heavy atom. The molecule has 0 spiro atoms. The number of rotatable bonds is 9. The van der Waals surface area contributed by atoms with E-state index in [9.17, 15) is 18.8 Å². The number of nitrogens with zero attached hydrogens (tertiary/aromatic N) is 1. The maximum atomic E-state index is 14.1. The van der Waals surface area contributed by atoms with Crippen molar-refractivity contribution in [1.82, 2.24) is 15.5 Å². The summed E-state index contributed by atoms with van der Waals surface area (Å²) in [7, 11) is 1.59. The first-order chi connectivity index (χ1) is 16.0. The number of hydrogen-bond acceptors (Lipinski definition) is 4. The Kier molecular flexibility index (Phi) is 8.95. The number of amides is 3. The average molecular weight is 456 g/mol. The first-order valence-electron chi connectivity index (χ1n) is 11.2. The molecule has 1 atom stereocenters. The molecule has 1 aliphatic rings. The molecule has 3 rings (SSSR count). The normalized spacial score (nSPS) is 15.0. The number of carbonyl (C=O) groups excluding carboxylic acids is 3. The zero-order chi connectivity index (χ0) is 23.6. The molecule has 2 aromatic carbocycles. The summed E-state index contributed by atoms with van der Waals surface area (Å²) in [6.07, 6.45) is 1.73. The lowest BCUT2D eigenvalue weighted by molar-refractivity contribution is -0.124. The predicted octanol–water partition coefficient (Wildman–Crippen LogP) is 2.63. The third-order valence-corrected chi connectivity index (χ3v) is 5.83. The molecule has 0 saturated carbocycles. The van der Waals surface area contributed by atoms with Gasteiger partial charge in [-0.3, -0.25) is 14.4 Å². The summed E-state index contributed by atoms with van der Waals surface area (Å²) >= 11 is 0. The maximum Gasteiger partial charge on any atom is 0.254 e. The van der Waals surface area contributed by atoms with E-state index < -0.39 is 17.8 Å². The van der Waals surface area contributed by atoms with Crippen LogP contribution >= 0.6 is 0 Å². The molecular formula is C25H30FN3O4. The summed E-state index contributed by atoms with van der Waals surface area (Å²) in [5.41, 5.74) is 0.516. The molecule has 2 N–H and O–H groups in total. The number of ether oxygens (including phenoxy) is 1. The fourth-order valence-corrected chi connectivity index (χ4v) is 4.00. The third-order valence-electron chi connectivity index (χ3n) is 5.83. The topological polar surface area (TPSA) is 87.7 Å². The van der Waals surface area contributed by atoms with E-state index in [2.05, 4.69) is 10.6 Å². The van der Waals surface area contributed by atoms with Crippen molar-refractivity contribution in [1.29, 1.82) is 0 Å². The number of hydrogen-bond donors (Lipinski definition) is 2. The minimum atomic E-state index is -0.825. The number of piperidine rings is 1. The van der Waals surface area contributed by atoms with Crippen molar-refractivity contribution in [3.8, 4) is 0 Å². The van der Waals surface area contributed by atoms with Crippen molar-refractivity contribution in [2.45, 2.75) is 25.3 Å². The lowest BCUT2D eigenvalue weighted by Crippen LogP contribution is -2.54. The first-order valence-corrected chi connectivity index (χ1v) is 11.2. The summed E-state index contributed by atoms with van der Waals surface area (Å²) in [5.74, 6) is -1.82. The van der Waals surface area contributed by atoms with Gasteiger partial charge in [-0.15, -0.1) is 0 Å². The Bertz CT molecular complexity index is 946. The van der Waals surface area contributed by atoms with Gasteiger partial charge in [0.25, 0.3) is 11.8 Å². The van der Waals surface area contributed by atoms with E-state index in [1.165, 1.54) is 18.2 Å². The molecular weight excluding hydrogens is 425 g/mol. The second kappa shape index (κ2) is 12.1. The Labute approximate surface area is 193 Å². The number of benzene rings is 2. The highest BCUT2D eigenvalue weighted by Crippen LogP contribution is 2.23. The lowest BCUT2D eigenvalue weighted by atomic mass is 9.88. The van der Waals surface area contributed by atoms with Gasteiger partial charge in [0.15, 0.2) is 0 Å². The van der Waals surface area contributed by atoms with Gasteiger partial charge in [-0.1, -0.05) is 30.3 Å². The summed E-state index contributed by atoms with van der Waals surface area (Å²) in [6.45, 7) is 1.86. The van der Waals surface area contributed by atoms with Crippen LogP contribution in [0.1, 0.15) is 40.0 Å². The minimum Gasteiger partial charge on any atom is -0.385 e. The SMILES string of the molecule is COCCCNC(=O)C(NC(=O)c1ccccc1F)C1CCN(C(=O)c2ccccc2)CC1. The number of carbonyl (C=O) groups is 3. The molecule has 33 heavy (non-hydrogen) atoms. The molecule has 0 radical (unpaired) electrons. The number of nitrogens with one attached hydrogen (secondary N) is 2. The lowest BCUT2D eigenvalue weighted by Gasteiger charge is -2.36. The molecule has 1 fully saturated rings. The first kappa shape index (κ1) is 24.4. The molecule has 8 heteroatoms. The van der Waals surface area contributed by atoms with E-state index in [1.807, 2.05) is 18.2 Å². The Balaban J connectivity index is 1.67. The molecule has 1 aliphatic heterocycles. The van der Waals surface area contributed by atoms with Crippen LogP contribution in [0.5, 0.6) is 0 Å². The van der Waals surface area contributed by atoms with Crippen LogP contribution < -0.4 is 10.6 Å². The molecule has 0 aromatic heterocycles. The van der Waals surface area contributed by atoms with Crippen LogP contribution in [0, 0.1) is 11.7 Å².